The lowest BCUT2D eigenvalue weighted by atomic mass is 9.73. The molecular weight excluding hydrogens is 210 g/mol. The average molecular weight is 237 g/mol. The highest BCUT2D eigenvalue weighted by Gasteiger charge is 2.48. The van der Waals surface area contributed by atoms with E-state index in [9.17, 15) is 0 Å². The predicted octanol–water partition coefficient (Wildman–Crippen LogP) is 2.81. The number of hydrogen-bond acceptors (Lipinski definition) is 2. The standard InChI is InChI=1S/C15H27NO/c1-8-9(2)17-10(3)14(8)15(16)13-7-11-4-5-12(13)6-11/h8-15H,4-7,16H2,1-3H3. The fourth-order valence-electron chi connectivity index (χ4n) is 5.01. The van der Waals surface area contributed by atoms with Crippen molar-refractivity contribution in [2.75, 3.05) is 0 Å². The first kappa shape index (κ1) is 12.0. The van der Waals surface area contributed by atoms with Crippen LogP contribution in [0.2, 0.25) is 0 Å². The van der Waals surface area contributed by atoms with Crippen LogP contribution < -0.4 is 5.73 Å². The Hall–Kier alpha value is -0.0800. The molecule has 2 nitrogen and oxygen atoms in total. The van der Waals surface area contributed by atoms with E-state index in [2.05, 4.69) is 20.8 Å². The second-order valence-electron chi connectivity index (χ2n) is 6.90. The number of fused-ring (bicyclic) bond motifs is 2. The maximum Gasteiger partial charge on any atom is 0.0597 e. The molecule has 0 aromatic carbocycles. The summed E-state index contributed by atoms with van der Waals surface area (Å²) in [6.07, 6.45) is 6.51. The molecule has 0 aromatic heterocycles. The van der Waals surface area contributed by atoms with Crippen molar-refractivity contribution in [2.24, 2.45) is 35.3 Å². The van der Waals surface area contributed by atoms with Crippen molar-refractivity contribution in [1.82, 2.24) is 0 Å². The first-order valence-electron chi connectivity index (χ1n) is 7.49. The van der Waals surface area contributed by atoms with E-state index in [1.807, 2.05) is 0 Å². The molecule has 3 fully saturated rings. The van der Waals surface area contributed by atoms with Gasteiger partial charge in [-0.25, -0.2) is 0 Å². The Kier molecular flexibility index (Phi) is 2.99. The fraction of sp³-hybridized carbons (Fsp3) is 1.00. The molecule has 1 heterocycles. The molecule has 0 amide bonds. The van der Waals surface area contributed by atoms with E-state index < -0.39 is 0 Å². The smallest absolute Gasteiger partial charge is 0.0597 e. The van der Waals surface area contributed by atoms with Crippen LogP contribution >= 0.6 is 0 Å². The van der Waals surface area contributed by atoms with Gasteiger partial charge in [0.25, 0.3) is 0 Å². The van der Waals surface area contributed by atoms with Crippen LogP contribution in [-0.4, -0.2) is 18.2 Å². The molecule has 2 heteroatoms. The van der Waals surface area contributed by atoms with Crippen molar-refractivity contribution in [3.8, 4) is 0 Å². The maximum absolute atomic E-state index is 6.63. The summed E-state index contributed by atoms with van der Waals surface area (Å²) in [5.74, 6) is 3.93. The Labute approximate surface area is 105 Å². The molecule has 2 bridgehead atoms. The van der Waals surface area contributed by atoms with Gasteiger partial charge in [-0.1, -0.05) is 13.3 Å². The van der Waals surface area contributed by atoms with Crippen LogP contribution in [-0.2, 0) is 4.74 Å². The van der Waals surface area contributed by atoms with E-state index in [0.717, 1.165) is 17.8 Å². The zero-order valence-electron chi connectivity index (χ0n) is 11.4. The molecule has 3 rings (SSSR count). The van der Waals surface area contributed by atoms with E-state index in [1.54, 1.807) is 0 Å². The van der Waals surface area contributed by atoms with Crippen molar-refractivity contribution < 1.29 is 4.74 Å². The third kappa shape index (κ3) is 1.84. The van der Waals surface area contributed by atoms with E-state index in [-0.39, 0.29) is 0 Å². The summed E-state index contributed by atoms with van der Waals surface area (Å²) in [4.78, 5) is 0. The van der Waals surface area contributed by atoms with Gasteiger partial charge < -0.3 is 10.5 Å². The van der Waals surface area contributed by atoms with Crippen LogP contribution in [0.15, 0.2) is 0 Å². The minimum absolute atomic E-state index is 0.356. The van der Waals surface area contributed by atoms with E-state index in [1.165, 1.54) is 25.7 Å². The van der Waals surface area contributed by atoms with Crippen LogP contribution in [0.25, 0.3) is 0 Å². The highest BCUT2D eigenvalue weighted by Crippen LogP contribution is 2.51. The lowest BCUT2D eigenvalue weighted by Gasteiger charge is -2.35. The number of ether oxygens (including phenoxy) is 1. The average Bonchev–Trinajstić information content (AvgIpc) is 2.94. The third-order valence-electron chi connectivity index (χ3n) is 6.05. The lowest BCUT2D eigenvalue weighted by molar-refractivity contribution is 0.0449. The summed E-state index contributed by atoms with van der Waals surface area (Å²) in [7, 11) is 0. The van der Waals surface area contributed by atoms with Crippen LogP contribution in [0, 0.1) is 29.6 Å². The van der Waals surface area contributed by atoms with Gasteiger partial charge in [-0.15, -0.1) is 0 Å². The first-order chi connectivity index (χ1) is 8.08. The molecule has 8 unspecified atom stereocenters. The summed E-state index contributed by atoms with van der Waals surface area (Å²) < 4.78 is 5.97. The Morgan fingerprint density at radius 1 is 1.06 bits per heavy atom. The van der Waals surface area contributed by atoms with E-state index in [0.29, 0.717) is 30.1 Å². The number of rotatable bonds is 2. The highest BCUT2D eigenvalue weighted by molar-refractivity contribution is 5.00. The van der Waals surface area contributed by atoms with Gasteiger partial charge in [0.05, 0.1) is 12.2 Å². The Morgan fingerprint density at radius 3 is 2.29 bits per heavy atom. The molecule has 1 aliphatic heterocycles. The first-order valence-corrected chi connectivity index (χ1v) is 7.49. The van der Waals surface area contributed by atoms with Crippen molar-refractivity contribution in [1.29, 1.82) is 0 Å². The van der Waals surface area contributed by atoms with Gasteiger partial charge in [0.1, 0.15) is 0 Å². The summed E-state index contributed by atoms with van der Waals surface area (Å²) in [5, 5.41) is 0. The zero-order chi connectivity index (χ0) is 12.2. The van der Waals surface area contributed by atoms with Gasteiger partial charge in [-0.2, -0.15) is 0 Å². The summed E-state index contributed by atoms with van der Waals surface area (Å²) in [6.45, 7) is 6.75. The van der Waals surface area contributed by atoms with Crippen LogP contribution in [0.4, 0.5) is 0 Å². The predicted molar refractivity (Wildman–Crippen MR) is 69.6 cm³/mol. The fourth-order valence-corrected chi connectivity index (χ4v) is 5.01. The second-order valence-corrected chi connectivity index (χ2v) is 6.90. The molecule has 2 aliphatic carbocycles. The molecule has 98 valence electrons. The lowest BCUT2D eigenvalue weighted by Crippen LogP contribution is -2.45. The summed E-state index contributed by atoms with van der Waals surface area (Å²) in [6, 6.07) is 0.375. The monoisotopic (exact) mass is 237 g/mol. The van der Waals surface area contributed by atoms with Crippen molar-refractivity contribution in [3.63, 3.8) is 0 Å². The molecule has 3 aliphatic rings. The second kappa shape index (κ2) is 4.24. The molecule has 17 heavy (non-hydrogen) atoms. The normalized spacial score (nSPS) is 55.4. The largest absolute Gasteiger partial charge is 0.375 e. The van der Waals surface area contributed by atoms with Gasteiger partial charge in [-0.3, -0.25) is 0 Å². The molecule has 0 spiro atoms. The van der Waals surface area contributed by atoms with Gasteiger partial charge in [0, 0.05) is 12.0 Å². The molecule has 0 radical (unpaired) electrons. The Morgan fingerprint density at radius 2 is 1.82 bits per heavy atom. The quantitative estimate of drug-likeness (QED) is 0.801. The topological polar surface area (TPSA) is 35.2 Å². The van der Waals surface area contributed by atoms with Gasteiger partial charge in [0.2, 0.25) is 0 Å². The van der Waals surface area contributed by atoms with Gasteiger partial charge in [-0.05, 0) is 56.8 Å². The molecule has 0 aromatic rings. The SMILES string of the molecule is CC1OC(C)C(C(N)C2CC3CCC2C3)C1C. The summed E-state index contributed by atoms with van der Waals surface area (Å²) >= 11 is 0. The van der Waals surface area contributed by atoms with E-state index >= 15 is 0 Å². The molecule has 8 atom stereocenters. The number of hydrogen-bond donors (Lipinski definition) is 1. The van der Waals surface area contributed by atoms with Crippen LogP contribution in [0.5, 0.6) is 0 Å². The molecule has 2 N–H and O–H groups in total. The molecule has 1 saturated heterocycles. The number of nitrogens with two attached hydrogens (primary N) is 1. The minimum Gasteiger partial charge on any atom is -0.375 e. The van der Waals surface area contributed by atoms with Crippen molar-refractivity contribution >= 4 is 0 Å². The third-order valence-corrected chi connectivity index (χ3v) is 6.05. The van der Waals surface area contributed by atoms with Gasteiger partial charge in [0.15, 0.2) is 0 Å². The van der Waals surface area contributed by atoms with Crippen LogP contribution in [0.3, 0.4) is 0 Å². The van der Waals surface area contributed by atoms with Crippen LogP contribution in [0.1, 0.15) is 46.5 Å². The van der Waals surface area contributed by atoms with Crippen molar-refractivity contribution in [3.05, 3.63) is 0 Å². The molecular formula is C15H27NO. The maximum atomic E-state index is 6.63. The molecule has 2 saturated carbocycles. The Bertz CT molecular complexity index is 293. The van der Waals surface area contributed by atoms with Gasteiger partial charge >= 0.3 is 0 Å². The zero-order valence-corrected chi connectivity index (χ0v) is 11.4. The highest BCUT2D eigenvalue weighted by atomic mass is 16.5. The minimum atomic E-state index is 0.356. The van der Waals surface area contributed by atoms with Crippen molar-refractivity contribution in [2.45, 2.75) is 64.7 Å². The summed E-state index contributed by atoms with van der Waals surface area (Å²) in [5.41, 5.74) is 6.63. The Balaban J connectivity index is 1.71. The van der Waals surface area contributed by atoms with E-state index in [4.69, 9.17) is 10.5 Å².